The monoisotopic (exact) mass is 283 g/mol. The van der Waals surface area contributed by atoms with Crippen LogP contribution in [-0.4, -0.2) is 36.0 Å². The molecule has 0 saturated heterocycles. The molecule has 0 aromatic carbocycles. The van der Waals surface area contributed by atoms with E-state index in [0.29, 0.717) is 12.1 Å². The first-order chi connectivity index (χ1) is 9.61. The van der Waals surface area contributed by atoms with Gasteiger partial charge in [-0.2, -0.15) is 0 Å². The maximum Gasteiger partial charge on any atom is 0.0610 e. The molecule has 3 atom stereocenters. The zero-order valence-corrected chi connectivity index (χ0v) is 13.4. The van der Waals surface area contributed by atoms with Crippen molar-refractivity contribution in [3.8, 4) is 0 Å². The average Bonchev–Trinajstić information content (AvgIpc) is 3.22. The van der Waals surface area contributed by atoms with Gasteiger partial charge < -0.3 is 15.2 Å². The first-order valence-electron chi connectivity index (χ1n) is 8.61. The Hall–Kier alpha value is -0.120. The molecule has 2 aliphatic carbocycles. The number of ether oxygens (including phenoxy) is 1. The van der Waals surface area contributed by atoms with Crippen molar-refractivity contribution in [1.82, 2.24) is 5.32 Å². The van der Waals surface area contributed by atoms with Crippen LogP contribution < -0.4 is 5.32 Å². The molecule has 2 rings (SSSR count). The van der Waals surface area contributed by atoms with Gasteiger partial charge in [0.1, 0.15) is 0 Å². The highest BCUT2D eigenvalue weighted by atomic mass is 16.5. The quantitative estimate of drug-likeness (QED) is 0.638. The molecule has 0 spiro atoms. The van der Waals surface area contributed by atoms with Gasteiger partial charge in [0, 0.05) is 18.2 Å². The number of aliphatic hydroxyl groups excluding tert-OH is 1. The van der Waals surface area contributed by atoms with E-state index in [1.54, 1.807) is 0 Å². The third-order valence-electron chi connectivity index (χ3n) is 4.84. The summed E-state index contributed by atoms with van der Waals surface area (Å²) in [6.07, 6.45) is 11.6. The van der Waals surface area contributed by atoms with Crippen LogP contribution in [0.25, 0.3) is 0 Å². The van der Waals surface area contributed by atoms with Gasteiger partial charge in [0.15, 0.2) is 0 Å². The normalized spacial score (nSPS) is 30.1. The third kappa shape index (κ3) is 5.71. The minimum absolute atomic E-state index is 0.0828. The van der Waals surface area contributed by atoms with Gasteiger partial charge in [0.05, 0.1) is 12.7 Å². The Labute approximate surface area is 124 Å². The van der Waals surface area contributed by atoms with E-state index >= 15 is 0 Å². The number of rotatable bonds is 9. The molecular formula is C17H33NO2. The largest absolute Gasteiger partial charge is 0.394 e. The van der Waals surface area contributed by atoms with E-state index in [2.05, 4.69) is 19.2 Å². The molecule has 2 saturated carbocycles. The predicted molar refractivity (Wildman–Crippen MR) is 82.9 cm³/mol. The third-order valence-corrected chi connectivity index (χ3v) is 4.84. The zero-order chi connectivity index (χ0) is 14.4. The highest BCUT2D eigenvalue weighted by Crippen LogP contribution is 2.27. The van der Waals surface area contributed by atoms with Gasteiger partial charge in [-0.1, -0.05) is 19.8 Å². The van der Waals surface area contributed by atoms with Crippen LogP contribution in [0.2, 0.25) is 0 Å². The van der Waals surface area contributed by atoms with Gasteiger partial charge in [0.25, 0.3) is 0 Å². The van der Waals surface area contributed by atoms with Crippen molar-refractivity contribution in [3.63, 3.8) is 0 Å². The first-order valence-corrected chi connectivity index (χ1v) is 8.61. The maximum absolute atomic E-state index is 9.56. The van der Waals surface area contributed by atoms with E-state index in [1.807, 2.05) is 0 Å². The van der Waals surface area contributed by atoms with Crippen LogP contribution in [0, 0.1) is 5.92 Å². The minimum atomic E-state index is -0.0828. The Morgan fingerprint density at radius 2 is 2.00 bits per heavy atom. The smallest absolute Gasteiger partial charge is 0.0610 e. The molecule has 0 bridgehead atoms. The molecule has 118 valence electrons. The summed E-state index contributed by atoms with van der Waals surface area (Å²) in [5, 5.41) is 13.1. The second-order valence-corrected chi connectivity index (χ2v) is 7.36. The lowest BCUT2D eigenvalue weighted by Gasteiger charge is -2.29. The molecule has 0 aliphatic heterocycles. The highest BCUT2D eigenvalue weighted by molar-refractivity contribution is 4.92. The fourth-order valence-electron chi connectivity index (χ4n) is 3.31. The van der Waals surface area contributed by atoms with Crippen LogP contribution in [-0.2, 0) is 4.74 Å². The van der Waals surface area contributed by atoms with Gasteiger partial charge in [-0.15, -0.1) is 0 Å². The Bertz CT molecular complexity index is 280. The van der Waals surface area contributed by atoms with E-state index < -0.39 is 0 Å². The van der Waals surface area contributed by atoms with Gasteiger partial charge in [0.2, 0.25) is 0 Å². The molecule has 2 N–H and O–H groups in total. The SMILES string of the molecule is CC1CCCC(OCCCCC(C)(CO)NC2CC2)C1. The van der Waals surface area contributed by atoms with Crippen LogP contribution in [0.3, 0.4) is 0 Å². The number of nitrogens with one attached hydrogen (secondary N) is 1. The van der Waals surface area contributed by atoms with Crippen molar-refractivity contribution in [3.05, 3.63) is 0 Å². The Kier molecular flexibility index (Phi) is 6.31. The van der Waals surface area contributed by atoms with Gasteiger partial charge in [-0.3, -0.25) is 0 Å². The second kappa shape index (κ2) is 7.77. The molecule has 0 radical (unpaired) electrons. The van der Waals surface area contributed by atoms with Gasteiger partial charge in [-0.25, -0.2) is 0 Å². The summed E-state index contributed by atoms with van der Waals surface area (Å²) in [5.41, 5.74) is -0.0828. The molecule has 2 fully saturated rings. The molecule has 0 aromatic rings. The fraction of sp³-hybridized carbons (Fsp3) is 1.00. The predicted octanol–water partition coefficient (Wildman–Crippen LogP) is 3.26. The van der Waals surface area contributed by atoms with Crippen molar-refractivity contribution >= 4 is 0 Å². The number of aliphatic hydroxyl groups is 1. The molecule has 20 heavy (non-hydrogen) atoms. The summed E-state index contributed by atoms with van der Waals surface area (Å²) in [4.78, 5) is 0. The summed E-state index contributed by atoms with van der Waals surface area (Å²) < 4.78 is 6.01. The fourth-order valence-corrected chi connectivity index (χ4v) is 3.31. The molecular weight excluding hydrogens is 250 g/mol. The van der Waals surface area contributed by atoms with Crippen LogP contribution in [0.5, 0.6) is 0 Å². The number of hydrogen-bond acceptors (Lipinski definition) is 3. The average molecular weight is 283 g/mol. The Balaban J connectivity index is 1.53. The van der Waals surface area contributed by atoms with Crippen LogP contribution in [0.1, 0.15) is 71.6 Å². The lowest BCUT2D eigenvalue weighted by molar-refractivity contribution is 0.0127. The molecule has 0 amide bonds. The summed E-state index contributed by atoms with van der Waals surface area (Å²) in [6, 6.07) is 0.659. The van der Waals surface area contributed by atoms with Crippen molar-refractivity contribution in [1.29, 1.82) is 0 Å². The minimum Gasteiger partial charge on any atom is -0.394 e. The molecule has 3 heteroatoms. The van der Waals surface area contributed by atoms with E-state index in [9.17, 15) is 5.11 Å². The molecule has 0 aromatic heterocycles. The Morgan fingerprint density at radius 1 is 1.20 bits per heavy atom. The van der Waals surface area contributed by atoms with E-state index in [1.165, 1.54) is 38.5 Å². The summed E-state index contributed by atoms with van der Waals surface area (Å²) >= 11 is 0. The number of hydrogen-bond donors (Lipinski definition) is 2. The van der Waals surface area contributed by atoms with E-state index in [0.717, 1.165) is 31.8 Å². The standard InChI is InChI=1S/C17H33NO2/c1-14-6-5-7-16(12-14)20-11-4-3-10-17(2,13-19)18-15-8-9-15/h14-16,18-19H,3-13H2,1-2H3. The van der Waals surface area contributed by atoms with Crippen molar-refractivity contribution in [2.24, 2.45) is 5.92 Å². The summed E-state index contributed by atoms with van der Waals surface area (Å²) in [6.45, 7) is 5.62. The Morgan fingerprint density at radius 3 is 2.65 bits per heavy atom. The van der Waals surface area contributed by atoms with Crippen LogP contribution in [0.15, 0.2) is 0 Å². The molecule has 3 nitrogen and oxygen atoms in total. The lowest BCUT2D eigenvalue weighted by atomic mass is 9.89. The second-order valence-electron chi connectivity index (χ2n) is 7.36. The van der Waals surface area contributed by atoms with Crippen LogP contribution >= 0.6 is 0 Å². The lowest BCUT2D eigenvalue weighted by Crippen LogP contribution is -2.46. The summed E-state index contributed by atoms with van der Waals surface area (Å²) in [5.74, 6) is 0.842. The summed E-state index contributed by atoms with van der Waals surface area (Å²) in [7, 11) is 0. The highest BCUT2D eigenvalue weighted by Gasteiger charge is 2.31. The topological polar surface area (TPSA) is 41.5 Å². The molecule has 3 unspecified atom stereocenters. The van der Waals surface area contributed by atoms with E-state index in [4.69, 9.17) is 4.74 Å². The first kappa shape index (κ1) is 16.3. The van der Waals surface area contributed by atoms with Gasteiger partial charge in [-0.05, 0) is 57.8 Å². The molecule has 2 aliphatic rings. The van der Waals surface area contributed by atoms with Crippen molar-refractivity contribution in [2.75, 3.05) is 13.2 Å². The van der Waals surface area contributed by atoms with Crippen molar-refractivity contribution in [2.45, 2.75) is 89.3 Å². The van der Waals surface area contributed by atoms with Crippen LogP contribution in [0.4, 0.5) is 0 Å². The molecule has 0 heterocycles. The van der Waals surface area contributed by atoms with Gasteiger partial charge >= 0.3 is 0 Å². The maximum atomic E-state index is 9.56. The number of unbranched alkanes of at least 4 members (excludes halogenated alkanes) is 1. The van der Waals surface area contributed by atoms with E-state index in [-0.39, 0.29) is 12.1 Å². The zero-order valence-electron chi connectivity index (χ0n) is 13.4. The van der Waals surface area contributed by atoms with Crippen molar-refractivity contribution < 1.29 is 9.84 Å².